The molecule has 118 valence electrons. The lowest BCUT2D eigenvalue weighted by Crippen LogP contribution is -2.13. The average molecular weight is 388 g/mol. The van der Waals surface area contributed by atoms with E-state index >= 15 is 0 Å². The van der Waals surface area contributed by atoms with Gasteiger partial charge in [-0.3, -0.25) is 0 Å². The SMILES string of the molecule is COc1c(C[C@H](O)CBr)ccc(F)c1-c1ccc(Cl)cc1C. The molecule has 0 bridgehead atoms. The van der Waals surface area contributed by atoms with Gasteiger partial charge in [-0.2, -0.15) is 0 Å². The Morgan fingerprint density at radius 1 is 1.32 bits per heavy atom. The number of rotatable bonds is 5. The normalized spacial score (nSPS) is 12.3. The molecule has 0 aliphatic rings. The second-order valence-electron chi connectivity index (χ2n) is 5.09. The van der Waals surface area contributed by atoms with Crippen LogP contribution in [0.1, 0.15) is 11.1 Å². The van der Waals surface area contributed by atoms with E-state index in [9.17, 15) is 9.50 Å². The molecule has 1 N–H and O–H groups in total. The molecule has 0 unspecified atom stereocenters. The molecule has 0 saturated heterocycles. The molecule has 0 aliphatic heterocycles. The highest BCUT2D eigenvalue weighted by molar-refractivity contribution is 9.09. The smallest absolute Gasteiger partial charge is 0.134 e. The van der Waals surface area contributed by atoms with Gasteiger partial charge >= 0.3 is 0 Å². The van der Waals surface area contributed by atoms with Crippen LogP contribution < -0.4 is 4.74 Å². The third-order valence-corrected chi connectivity index (χ3v) is 4.47. The van der Waals surface area contributed by atoms with Gasteiger partial charge in [-0.25, -0.2) is 4.39 Å². The van der Waals surface area contributed by atoms with Crippen LogP contribution in [0.3, 0.4) is 0 Å². The number of hydrogen-bond donors (Lipinski definition) is 1. The Morgan fingerprint density at radius 2 is 2.05 bits per heavy atom. The summed E-state index contributed by atoms with van der Waals surface area (Å²) < 4.78 is 19.9. The van der Waals surface area contributed by atoms with Crippen LogP contribution in [0.4, 0.5) is 4.39 Å². The van der Waals surface area contributed by atoms with Gasteiger partial charge in [0.1, 0.15) is 11.6 Å². The van der Waals surface area contributed by atoms with Gasteiger partial charge in [-0.05, 0) is 41.8 Å². The predicted molar refractivity (Wildman–Crippen MR) is 91.6 cm³/mol. The van der Waals surface area contributed by atoms with E-state index in [0.717, 1.165) is 16.7 Å². The van der Waals surface area contributed by atoms with Crippen molar-refractivity contribution in [1.29, 1.82) is 0 Å². The fraction of sp³-hybridized carbons (Fsp3) is 0.294. The van der Waals surface area contributed by atoms with Crippen molar-refractivity contribution >= 4 is 27.5 Å². The van der Waals surface area contributed by atoms with E-state index in [1.807, 2.05) is 6.92 Å². The lowest BCUT2D eigenvalue weighted by molar-refractivity contribution is 0.200. The molecule has 2 rings (SSSR count). The lowest BCUT2D eigenvalue weighted by Gasteiger charge is -2.17. The monoisotopic (exact) mass is 386 g/mol. The van der Waals surface area contributed by atoms with Crippen molar-refractivity contribution in [2.24, 2.45) is 0 Å². The molecule has 0 amide bonds. The van der Waals surface area contributed by atoms with E-state index in [1.165, 1.54) is 13.2 Å². The van der Waals surface area contributed by atoms with Crippen LogP contribution >= 0.6 is 27.5 Å². The Hall–Kier alpha value is -1.10. The summed E-state index contributed by atoms with van der Waals surface area (Å²) in [6.07, 6.45) is -0.174. The highest BCUT2D eigenvalue weighted by atomic mass is 79.9. The standard InChI is InChI=1S/C17H17BrClFO2/c1-10-7-12(19)4-5-14(10)16-15(20)6-3-11(17(16)22-2)8-13(21)9-18/h3-7,13,21H,8-9H2,1-2H3/t13-/m0/s1. The van der Waals surface area contributed by atoms with Crippen LogP contribution in [0.25, 0.3) is 11.1 Å². The molecule has 22 heavy (non-hydrogen) atoms. The molecule has 0 spiro atoms. The first-order valence-corrected chi connectivity index (χ1v) is 8.33. The van der Waals surface area contributed by atoms with Gasteiger partial charge < -0.3 is 9.84 Å². The average Bonchev–Trinajstić information content (AvgIpc) is 2.49. The van der Waals surface area contributed by atoms with Crippen LogP contribution in [-0.4, -0.2) is 23.7 Å². The fourth-order valence-electron chi connectivity index (χ4n) is 2.46. The van der Waals surface area contributed by atoms with E-state index < -0.39 is 6.10 Å². The van der Waals surface area contributed by atoms with Crippen LogP contribution in [0.15, 0.2) is 30.3 Å². The summed E-state index contributed by atoms with van der Waals surface area (Å²) >= 11 is 9.21. The molecular formula is C17H17BrClFO2. The van der Waals surface area contributed by atoms with Crippen molar-refractivity contribution < 1.29 is 14.2 Å². The second kappa shape index (κ2) is 7.44. The number of alkyl halides is 1. The van der Waals surface area contributed by atoms with Crippen molar-refractivity contribution in [3.63, 3.8) is 0 Å². The van der Waals surface area contributed by atoms with Crippen LogP contribution in [-0.2, 0) is 6.42 Å². The first kappa shape index (κ1) is 17.3. The molecule has 0 saturated carbocycles. The van der Waals surface area contributed by atoms with Crippen LogP contribution in [0.5, 0.6) is 5.75 Å². The van der Waals surface area contributed by atoms with Crippen molar-refractivity contribution in [1.82, 2.24) is 0 Å². The first-order valence-electron chi connectivity index (χ1n) is 6.83. The quantitative estimate of drug-likeness (QED) is 0.749. The van der Waals surface area contributed by atoms with E-state index in [-0.39, 0.29) is 5.82 Å². The van der Waals surface area contributed by atoms with Gasteiger partial charge in [-0.1, -0.05) is 39.7 Å². The van der Waals surface area contributed by atoms with Crippen molar-refractivity contribution in [2.75, 3.05) is 12.4 Å². The Kier molecular flexibility index (Phi) is 5.84. The number of methoxy groups -OCH3 is 1. The van der Waals surface area contributed by atoms with Gasteiger partial charge in [0.15, 0.2) is 0 Å². The van der Waals surface area contributed by atoms with Crippen LogP contribution in [0.2, 0.25) is 5.02 Å². The van der Waals surface area contributed by atoms with E-state index in [2.05, 4.69) is 15.9 Å². The molecule has 2 aromatic carbocycles. The zero-order valence-electron chi connectivity index (χ0n) is 12.4. The Morgan fingerprint density at radius 3 is 2.64 bits per heavy atom. The lowest BCUT2D eigenvalue weighted by atomic mass is 9.95. The number of halogens is 3. The van der Waals surface area contributed by atoms with E-state index in [1.54, 1.807) is 24.3 Å². The number of hydrogen-bond acceptors (Lipinski definition) is 2. The molecule has 0 aliphatic carbocycles. The summed E-state index contributed by atoms with van der Waals surface area (Å²) in [5.74, 6) is 0.0878. The predicted octanol–water partition coefficient (Wildman–Crippen LogP) is 4.76. The number of aryl methyl sites for hydroxylation is 1. The van der Waals surface area contributed by atoms with Crippen LogP contribution in [0, 0.1) is 12.7 Å². The molecule has 5 heteroatoms. The molecule has 0 aromatic heterocycles. The first-order chi connectivity index (χ1) is 10.5. The molecule has 2 nitrogen and oxygen atoms in total. The largest absolute Gasteiger partial charge is 0.496 e. The summed E-state index contributed by atoms with van der Waals surface area (Å²) in [5, 5.41) is 10.9. The van der Waals surface area contributed by atoms with E-state index in [0.29, 0.717) is 28.1 Å². The van der Waals surface area contributed by atoms with E-state index in [4.69, 9.17) is 16.3 Å². The number of aliphatic hydroxyl groups excluding tert-OH is 1. The molecule has 0 heterocycles. The van der Waals surface area contributed by atoms with Gasteiger partial charge in [0.25, 0.3) is 0 Å². The number of aliphatic hydroxyl groups is 1. The second-order valence-corrected chi connectivity index (χ2v) is 6.17. The van der Waals surface area contributed by atoms with Crippen molar-refractivity contribution in [3.05, 3.63) is 52.3 Å². The maximum Gasteiger partial charge on any atom is 0.134 e. The maximum absolute atomic E-state index is 14.4. The summed E-state index contributed by atoms with van der Waals surface area (Å²) in [4.78, 5) is 0. The number of benzene rings is 2. The third kappa shape index (κ3) is 3.62. The minimum absolute atomic E-state index is 0.362. The molecule has 0 fully saturated rings. The third-order valence-electron chi connectivity index (χ3n) is 3.48. The van der Waals surface area contributed by atoms with Crippen molar-refractivity contribution in [3.8, 4) is 16.9 Å². The summed E-state index contributed by atoms with van der Waals surface area (Å²) in [7, 11) is 1.51. The van der Waals surface area contributed by atoms with Gasteiger partial charge in [-0.15, -0.1) is 0 Å². The Bertz CT molecular complexity index is 676. The minimum Gasteiger partial charge on any atom is -0.496 e. The summed E-state index contributed by atoms with van der Waals surface area (Å²) in [5.41, 5.74) is 2.76. The Balaban J connectivity index is 2.61. The minimum atomic E-state index is -0.557. The fourth-order valence-corrected chi connectivity index (χ4v) is 2.92. The number of ether oxygens (including phenoxy) is 1. The highest BCUT2D eigenvalue weighted by Gasteiger charge is 2.19. The maximum atomic E-state index is 14.4. The van der Waals surface area contributed by atoms with Gasteiger partial charge in [0, 0.05) is 16.8 Å². The van der Waals surface area contributed by atoms with Crippen molar-refractivity contribution in [2.45, 2.75) is 19.4 Å². The molecule has 2 aromatic rings. The summed E-state index contributed by atoms with van der Waals surface area (Å²) in [6, 6.07) is 8.35. The molecule has 1 atom stereocenters. The van der Waals surface area contributed by atoms with Gasteiger partial charge in [0.2, 0.25) is 0 Å². The topological polar surface area (TPSA) is 29.5 Å². The molecule has 0 radical (unpaired) electrons. The Labute approximate surface area is 143 Å². The zero-order chi connectivity index (χ0) is 16.3. The van der Waals surface area contributed by atoms with Gasteiger partial charge in [0.05, 0.1) is 18.8 Å². The summed E-state index contributed by atoms with van der Waals surface area (Å²) in [6.45, 7) is 1.88. The highest BCUT2D eigenvalue weighted by Crippen LogP contribution is 2.38. The molecular weight excluding hydrogens is 371 g/mol. The zero-order valence-corrected chi connectivity index (χ0v) is 14.7.